The summed E-state index contributed by atoms with van der Waals surface area (Å²) in [6.45, 7) is 3.40. The molecule has 0 radical (unpaired) electrons. The minimum atomic E-state index is -0.865. The second-order valence-electron chi connectivity index (χ2n) is 6.17. The number of carbonyl (C=O) groups is 3. The van der Waals surface area contributed by atoms with Gasteiger partial charge in [-0.25, -0.2) is 4.79 Å². The van der Waals surface area contributed by atoms with Crippen LogP contribution in [0.1, 0.15) is 40.6 Å². The minimum Gasteiger partial charge on any atom is -0.461 e. The zero-order chi connectivity index (χ0) is 21.8. The zero-order valence-electron chi connectivity index (χ0n) is 16.7. The lowest BCUT2D eigenvalue weighted by atomic mass is 10.1. The number of carbonyl (C=O) groups excluding carboxylic acids is 3. The van der Waals surface area contributed by atoms with Crippen molar-refractivity contribution in [3.8, 4) is 0 Å². The molecule has 0 heterocycles. The van der Waals surface area contributed by atoms with Gasteiger partial charge in [-0.1, -0.05) is 61.2 Å². The van der Waals surface area contributed by atoms with Gasteiger partial charge < -0.3 is 18.9 Å². The number of ether oxygens (including phenoxy) is 4. The molecule has 158 valence electrons. The van der Waals surface area contributed by atoms with Gasteiger partial charge in [0.25, 0.3) is 0 Å². The normalized spacial score (nSPS) is 11.2. The van der Waals surface area contributed by atoms with Crippen molar-refractivity contribution in [1.82, 2.24) is 0 Å². The molecule has 0 aliphatic rings. The monoisotopic (exact) mass is 412 g/mol. The van der Waals surface area contributed by atoms with E-state index in [0.29, 0.717) is 11.1 Å². The summed E-state index contributed by atoms with van der Waals surface area (Å²) < 4.78 is 20.7. The molecule has 0 aromatic heterocycles. The SMILES string of the molecule is C=CCOC(=O)CCC(=O)OCc1ccccc1C(=O)OC(OC)c1ccccc1. The molecule has 0 aliphatic heterocycles. The van der Waals surface area contributed by atoms with E-state index in [1.807, 2.05) is 18.2 Å². The molecule has 0 bridgehead atoms. The van der Waals surface area contributed by atoms with E-state index in [4.69, 9.17) is 18.9 Å². The average molecular weight is 412 g/mol. The molecule has 2 aromatic rings. The van der Waals surface area contributed by atoms with Crippen molar-refractivity contribution in [3.05, 3.63) is 83.9 Å². The summed E-state index contributed by atoms with van der Waals surface area (Å²) in [6.07, 6.45) is 0.361. The molecule has 0 fully saturated rings. The second-order valence-corrected chi connectivity index (χ2v) is 6.17. The van der Waals surface area contributed by atoms with Gasteiger partial charge in [-0.2, -0.15) is 0 Å². The van der Waals surface area contributed by atoms with Gasteiger partial charge in [0.05, 0.1) is 18.4 Å². The Hall–Kier alpha value is -3.45. The van der Waals surface area contributed by atoms with E-state index in [-0.39, 0.29) is 31.6 Å². The van der Waals surface area contributed by atoms with Crippen LogP contribution in [-0.2, 0) is 35.1 Å². The summed E-state index contributed by atoms with van der Waals surface area (Å²) in [4.78, 5) is 36.0. The lowest BCUT2D eigenvalue weighted by Crippen LogP contribution is -2.16. The summed E-state index contributed by atoms with van der Waals surface area (Å²) in [5.41, 5.74) is 1.43. The average Bonchev–Trinajstić information content (AvgIpc) is 2.79. The maximum atomic E-state index is 12.7. The maximum absolute atomic E-state index is 12.7. The lowest BCUT2D eigenvalue weighted by molar-refractivity contribution is -0.150. The smallest absolute Gasteiger partial charge is 0.341 e. The van der Waals surface area contributed by atoms with E-state index in [1.165, 1.54) is 13.2 Å². The van der Waals surface area contributed by atoms with Crippen LogP contribution in [0.5, 0.6) is 0 Å². The molecule has 1 unspecified atom stereocenters. The number of methoxy groups -OCH3 is 1. The van der Waals surface area contributed by atoms with Crippen molar-refractivity contribution in [3.63, 3.8) is 0 Å². The van der Waals surface area contributed by atoms with Gasteiger partial charge in [0.2, 0.25) is 6.29 Å². The first-order valence-corrected chi connectivity index (χ1v) is 9.34. The van der Waals surface area contributed by atoms with Crippen LogP contribution in [0.15, 0.2) is 67.3 Å². The third-order valence-electron chi connectivity index (χ3n) is 4.02. The summed E-state index contributed by atoms with van der Waals surface area (Å²) in [6, 6.07) is 15.7. The summed E-state index contributed by atoms with van der Waals surface area (Å²) >= 11 is 0. The Bertz CT molecular complexity index is 861. The van der Waals surface area contributed by atoms with E-state index in [1.54, 1.807) is 36.4 Å². The Kier molecular flexibility index (Phi) is 9.27. The summed E-state index contributed by atoms with van der Waals surface area (Å²) in [5, 5.41) is 0. The van der Waals surface area contributed by atoms with Gasteiger partial charge in [-0.3, -0.25) is 9.59 Å². The van der Waals surface area contributed by atoms with Crippen LogP contribution in [0.25, 0.3) is 0 Å². The lowest BCUT2D eigenvalue weighted by Gasteiger charge is -2.17. The van der Waals surface area contributed by atoms with E-state index in [9.17, 15) is 14.4 Å². The molecular weight excluding hydrogens is 388 g/mol. The minimum absolute atomic E-state index is 0.0921. The van der Waals surface area contributed by atoms with Crippen LogP contribution >= 0.6 is 0 Å². The summed E-state index contributed by atoms with van der Waals surface area (Å²) in [5.74, 6) is -1.69. The van der Waals surface area contributed by atoms with E-state index < -0.39 is 24.2 Å². The zero-order valence-corrected chi connectivity index (χ0v) is 16.7. The molecule has 0 N–H and O–H groups in total. The molecule has 7 nitrogen and oxygen atoms in total. The molecule has 30 heavy (non-hydrogen) atoms. The van der Waals surface area contributed by atoms with Gasteiger partial charge in [-0.15, -0.1) is 0 Å². The molecule has 1 atom stereocenters. The highest BCUT2D eigenvalue weighted by Gasteiger charge is 2.20. The van der Waals surface area contributed by atoms with Gasteiger partial charge in [0.1, 0.15) is 13.2 Å². The molecule has 0 aliphatic carbocycles. The Labute approximate surface area is 175 Å². The molecule has 0 spiro atoms. The second kappa shape index (κ2) is 12.2. The molecule has 0 saturated heterocycles. The van der Waals surface area contributed by atoms with Gasteiger partial charge >= 0.3 is 17.9 Å². The fourth-order valence-electron chi connectivity index (χ4n) is 2.53. The third-order valence-corrected chi connectivity index (χ3v) is 4.02. The molecule has 2 aromatic carbocycles. The van der Waals surface area contributed by atoms with Crippen LogP contribution in [0, 0.1) is 0 Å². The van der Waals surface area contributed by atoms with Crippen molar-refractivity contribution < 1.29 is 33.3 Å². The Morgan fingerprint density at radius 2 is 1.57 bits per heavy atom. The number of hydrogen-bond donors (Lipinski definition) is 0. The van der Waals surface area contributed by atoms with Crippen LogP contribution in [0.3, 0.4) is 0 Å². The predicted molar refractivity (Wildman–Crippen MR) is 108 cm³/mol. The molecule has 0 saturated carbocycles. The molecule has 7 heteroatoms. The molecule has 0 amide bonds. The Morgan fingerprint density at radius 1 is 0.933 bits per heavy atom. The van der Waals surface area contributed by atoms with Crippen LogP contribution < -0.4 is 0 Å². The predicted octanol–water partition coefficient (Wildman–Crippen LogP) is 3.74. The van der Waals surface area contributed by atoms with E-state index in [0.717, 1.165) is 0 Å². The van der Waals surface area contributed by atoms with E-state index >= 15 is 0 Å². The standard InChI is InChI=1S/C23H24O7/c1-3-15-28-20(24)13-14-21(25)29-16-18-11-7-8-12-19(18)22(26)30-23(27-2)17-9-5-4-6-10-17/h3-12,23H,1,13-16H2,2H3. The highest BCUT2D eigenvalue weighted by Crippen LogP contribution is 2.21. The largest absolute Gasteiger partial charge is 0.461 e. The van der Waals surface area contributed by atoms with Crippen LogP contribution in [0.4, 0.5) is 0 Å². The number of hydrogen-bond acceptors (Lipinski definition) is 7. The first-order valence-electron chi connectivity index (χ1n) is 9.34. The first-order chi connectivity index (χ1) is 14.5. The number of benzene rings is 2. The molecular formula is C23H24O7. The topological polar surface area (TPSA) is 88.1 Å². The molecule has 2 rings (SSSR count). The quantitative estimate of drug-likeness (QED) is 0.240. The van der Waals surface area contributed by atoms with Crippen molar-refractivity contribution in [1.29, 1.82) is 0 Å². The Balaban J connectivity index is 1.95. The van der Waals surface area contributed by atoms with Crippen LogP contribution in [0.2, 0.25) is 0 Å². The van der Waals surface area contributed by atoms with Gasteiger partial charge in [0, 0.05) is 18.2 Å². The number of esters is 3. The van der Waals surface area contributed by atoms with Gasteiger partial charge in [0.15, 0.2) is 0 Å². The van der Waals surface area contributed by atoms with Crippen molar-refractivity contribution in [2.24, 2.45) is 0 Å². The van der Waals surface area contributed by atoms with Crippen molar-refractivity contribution in [2.75, 3.05) is 13.7 Å². The number of rotatable bonds is 11. The Morgan fingerprint density at radius 3 is 2.23 bits per heavy atom. The summed E-state index contributed by atoms with van der Waals surface area (Å²) in [7, 11) is 1.44. The fraction of sp³-hybridized carbons (Fsp3) is 0.261. The fourth-order valence-corrected chi connectivity index (χ4v) is 2.53. The third kappa shape index (κ3) is 7.18. The van der Waals surface area contributed by atoms with Crippen molar-refractivity contribution >= 4 is 17.9 Å². The highest BCUT2D eigenvalue weighted by atomic mass is 16.7. The van der Waals surface area contributed by atoms with E-state index in [2.05, 4.69) is 6.58 Å². The van der Waals surface area contributed by atoms with Gasteiger partial charge in [-0.05, 0) is 6.07 Å². The first kappa shape index (κ1) is 22.8. The van der Waals surface area contributed by atoms with Crippen molar-refractivity contribution in [2.45, 2.75) is 25.7 Å². The van der Waals surface area contributed by atoms with Crippen LogP contribution in [-0.4, -0.2) is 31.6 Å². The maximum Gasteiger partial charge on any atom is 0.341 e. The highest BCUT2D eigenvalue weighted by molar-refractivity contribution is 5.91.